The van der Waals surface area contributed by atoms with Crippen molar-refractivity contribution in [3.63, 3.8) is 0 Å². The number of furan rings is 1. The van der Waals surface area contributed by atoms with Crippen LogP contribution in [-0.2, 0) is 6.54 Å². The van der Waals surface area contributed by atoms with Crippen LogP contribution in [-0.4, -0.2) is 13.0 Å². The Kier molecular flexibility index (Phi) is 4.81. The molecule has 0 aliphatic rings. The average Bonchev–Trinajstić information content (AvgIpc) is 3.14. The molecule has 2 aromatic carbocycles. The standard InChI is InChI=1S/C19H18N2O3/c1-23-18-8-7-15(19(22)21-16-5-3-2-4-6-16)11-17(18)20-12-14-9-10-24-13-14/h2-11,13,20H,12H2,1H3,(H,21,22). The summed E-state index contributed by atoms with van der Waals surface area (Å²) in [5.74, 6) is 0.505. The summed E-state index contributed by atoms with van der Waals surface area (Å²) < 4.78 is 10.4. The number of methoxy groups -OCH3 is 1. The summed E-state index contributed by atoms with van der Waals surface area (Å²) in [4.78, 5) is 12.4. The molecule has 0 bridgehead atoms. The lowest BCUT2D eigenvalue weighted by molar-refractivity contribution is 0.102. The molecule has 24 heavy (non-hydrogen) atoms. The van der Waals surface area contributed by atoms with E-state index in [2.05, 4.69) is 10.6 Å². The first-order valence-electron chi connectivity index (χ1n) is 7.55. The van der Waals surface area contributed by atoms with Gasteiger partial charge in [0.2, 0.25) is 0 Å². The monoisotopic (exact) mass is 322 g/mol. The van der Waals surface area contributed by atoms with E-state index in [0.717, 1.165) is 16.9 Å². The number of benzene rings is 2. The van der Waals surface area contributed by atoms with Crippen LogP contribution < -0.4 is 15.4 Å². The molecule has 1 aromatic heterocycles. The predicted molar refractivity (Wildman–Crippen MR) is 93.4 cm³/mol. The number of amides is 1. The van der Waals surface area contributed by atoms with Gasteiger partial charge < -0.3 is 19.8 Å². The largest absolute Gasteiger partial charge is 0.495 e. The van der Waals surface area contributed by atoms with E-state index in [1.807, 2.05) is 36.4 Å². The highest BCUT2D eigenvalue weighted by molar-refractivity contribution is 6.05. The first-order valence-corrected chi connectivity index (χ1v) is 7.55. The SMILES string of the molecule is COc1ccc(C(=O)Nc2ccccc2)cc1NCc1ccoc1. The van der Waals surface area contributed by atoms with Crippen molar-refractivity contribution in [2.75, 3.05) is 17.7 Å². The lowest BCUT2D eigenvalue weighted by atomic mass is 10.1. The first kappa shape index (κ1) is 15.7. The zero-order valence-electron chi connectivity index (χ0n) is 13.3. The Balaban J connectivity index is 1.76. The van der Waals surface area contributed by atoms with Crippen molar-refractivity contribution in [3.05, 3.63) is 78.3 Å². The highest BCUT2D eigenvalue weighted by atomic mass is 16.5. The minimum atomic E-state index is -0.171. The van der Waals surface area contributed by atoms with Gasteiger partial charge in [-0.15, -0.1) is 0 Å². The Labute approximate surface area is 140 Å². The van der Waals surface area contributed by atoms with Crippen molar-refractivity contribution >= 4 is 17.3 Å². The number of carbonyl (C=O) groups is 1. The van der Waals surface area contributed by atoms with Crippen LogP contribution in [0.1, 0.15) is 15.9 Å². The third-order valence-corrected chi connectivity index (χ3v) is 3.56. The molecule has 0 spiro atoms. The Morgan fingerprint density at radius 2 is 1.96 bits per heavy atom. The molecule has 0 radical (unpaired) electrons. The summed E-state index contributed by atoms with van der Waals surface area (Å²) in [7, 11) is 1.60. The molecule has 0 fully saturated rings. The minimum Gasteiger partial charge on any atom is -0.495 e. The number of carbonyl (C=O) groups excluding carboxylic acids is 1. The molecular weight excluding hydrogens is 304 g/mol. The summed E-state index contributed by atoms with van der Waals surface area (Å²) >= 11 is 0. The number of nitrogens with one attached hydrogen (secondary N) is 2. The second-order valence-corrected chi connectivity index (χ2v) is 5.22. The Bertz CT molecular complexity index is 799. The molecule has 5 heteroatoms. The molecule has 0 unspecified atom stereocenters. The topological polar surface area (TPSA) is 63.5 Å². The van der Waals surface area contributed by atoms with Crippen LogP contribution in [0.3, 0.4) is 0 Å². The van der Waals surface area contributed by atoms with Crippen molar-refractivity contribution in [2.24, 2.45) is 0 Å². The van der Waals surface area contributed by atoms with Crippen molar-refractivity contribution in [1.29, 1.82) is 0 Å². The maximum atomic E-state index is 12.4. The number of hydrogen-bond acceptors (Lipinski definition) is 4. The molecule has 0 saturated heterocycles. The fraction of sp³-hybridized carbons (Fsp3) is 0.105. The third-order valence-electron chi connectivity index (χ3n) is 3.56. The van der Waals surface area contributed by atoms with E-state index < -0.39 is 0 Å². The maximum Gasteiger partial charge on any atom is 0.255 e. The molecule has 2 N–H and O–H groups in total. The van der Waals surface area contributed by atoms with Crippen molar-refractivity contribution in [1.82, 2.24) is 0 Å². The highest BCUT2D eigenvalue weighted by Crippen LogP contribution is 2.26. The summed E-state index contributed by atoms with van der Waals surface area (Å²) in [6.07, 6.45) is 3.30. The van der Waals surface area contributed by atoms with E-state index >= 15 is 0 Å². The van der Waals surface area contributed by atoms with Crippen LogP contribution in [0.2, 0.25) is 0 Å². The molecule has 1 heterocycles. The fourth-order valence-corrected chi connectivity index (χ4v) is 2.30. The van der Waals surface area contributed by atoms with Gasteiger partial charge in [0.05, 0.1) is 25.3 Å². The number of para-hydroxylation sites is 1. The molecule has 0 atom stereocenters. The molecule has 0 aliphatic carbocycles. The molecule has 5 nitrogen and oxygen atoms in total. The van der Waals surface area contributed by atoms with Gasteiger partial charge in [-0.25, -0.2) is 0 Å². The fourth-order valence-electron chi connectivity index (χ4n) is 2.30. The molecule has 3 rings (SSSR count). The van der Waals surface area contributed by atoms with Crippen molar-refractivity contribution in [2.45, 2.75) is 6.54 Å². The number of ether oxygens (including phenoxy) is 1. The van der Waals surface area contributed by atoms with Gasteiger partial charge >= 0.3 is 0 Å². The van der Waals surface area contributed by atoms with Crippen LogP contribution in [0.4, 0.5) is 11.4 Å². The number of anilines is 2. The Hall–Kier alpha value is -3.21. The van der Waals surface area contributed by atoms with E-state index in [-0.39, 0.29) is 5.91 Å². The van der Waals surface area contributed by atoms with Gasteiger partial charge in [0.15, 0.2) is 0 Å². The average molecular weight is 322 g/mol. The predicted octanol–water partition coefficient (Wildman–Crippen LogP) is 4.15. The molecule has 0 aliphatic heterocycles. The van der Waals surface area contributed by atoms with E-state index in [0.29, 0.717) is 17.9 Å². The molecule has 0 saturated carbocycles. The van der Waals surface area contributed by atoms with Gasteiger partial charge in [0, 0.05) is 23.4 Å². The number of hydrogen-bond donors (Lipinski definition) is 2. The zero-order chi connectivity index (χ0) is 16.8. The van der Waals surface area contributed by atoms with Crippen LogP contribution in [0.25, 0.3) is 0 Å². The van der Waals surface area contributed by atoms with Gasteiger partial charge in [-0.05, 0) is 36.4 Å². The quantitative estimate of drug-likeness (QED) is 0.715. The molecular formula is C19H18N2O3. The van der Waals surface area contributed by atoms with Crippen molar-refractivity contribution in [3.8, 4) is 5.75 Å². The summed E-state index contributed by atoms with van der Waals surface area (Å²) in [6, 6.07) is 16.5. The summed E-state index contributed by atoms with van der Waals surface area (Å²) in [6.45, 7) is 0.580. The first-order chi connectivity index (χ1) is 11.8. The molecule has 3 aromatic rings. The lowest BCUT2D eigenvalue weighted by Gasteiger charge is -2.12. The second-order valence-electron chi connectivity index (χ2n) is 5.22. The van der Waals surface area contributed by atoms with Gasteiger partial charge in [0.1, 0.15) is 5.75 Å². The lowest BCUT2D eigenvalue weighted by Crippen LogP contribution is -2.12. The summed E-state index contributed by atoms with van der Waals surface area (Å²) in [5, 5.41) is 6.13. The van der Waals surface area contributed by atoms with E-state index in [4.69, 9.17) is 9.15 Å². The van der Waals surface area contributed by atoms with Crippen LogP contribution >= 0.6 is 0 Å². The Morgan fingerprint density at radius 3 is 2.67 bits per heavy atom. The van der Waals surface area contributed by atoms with Crippen LogP contribution in [0.15, 0.2) is 71.5 Å². The maximum absolute atomic E-state index is 12.4. The van der Waals surface area contributed by atoms with Gasteiger partial charge in [-0.3, -0.25) is 4.79 Å². The zero-order valence-corrected chi connectivity index (χ0v) is 13.3. The minimum absolute atomic E-state index is 0.171. The molecule has 122 valence electrons. The number of rotatable bonds is 6. The van der Waals surface area contributed by atoms with Gasteiger partial charge in [-0.1, -0.05) is 18.2 Å². The summed E-state index contributed by atoms with van der Waals surface area (Å²) in [5.41, 5.74) is 3.07. The van der Waals surface area contributed by atoms with E-state index in [1.165, 1.54) is 0 Å². The Morgan fingerprint density at radius 1 is 1.12 bits per heavy atom. The smallest absolute Gasteiger partial charge is 0.255 e. The normalized spacial score (nSPS) is 10.2. The van der Waals surface area contributed by atoms with Crippen LogP contribution in [0.5, 0.6) is 5.75 Å². The van der Waals surface area contributed by atoms with E-state index in [9.17, 15) is 4.79 Å². The van der Waals surface area contributed by atoms with E-state index in [1.54, 1.807) is 37.8 Å². The van der Waals surface area contributed by atoms with Crippen molar-refractivity contribution < 1.29 is 13.9 Å². The third kappa shape index (κ3) is 3.76. The molecule has 1 amide bonds. The van der Waals surface area contributed by atoms with Gasteiger partial charge in [-0.2, -0.15) is 0 Å². The second kappa shape index (κ2) is 7.37. The highest BCUT2D eigenvalue weighted by Gasteiger charge is 2.11. The van der Waals surface area contributed by atoms with Gasteiger partial charge in [0.25, 0.3) is 5.91 Å². The van der Waals surface area contributed by atoms with Crippen LogP contribution in [0, 0.1) is 0 Å².